The van der Waals surface area contributed by atoms with E-state index in [-0.39, 0.29) is 19.9 Å². The molecule has 9 heteroatoms. The summed E-state index contributed by atoms with van der Waals surface area (Å²) >= 11 is 0. The first-order chi connectivity index (χ1) is 16.7. The number of rotatable bonds is 8. The number of piperidine rings is 1. The van der Waals surface area contributed by atoms with E-state index in [9.17, 15) is 24.7 Å². The lowest BCUT2D eigenvalue weighted by molar-refractivity contribution is -0.123. The van der Waals surface area contributed by atoms with E-state index in [1.165, 1.54) is 17.4 Å². The molecule has 9 nitrogen and oxygen atoms in total. The van der Waals surface area contributed by atoms with Gasteiger partial charge in [0.1, 0.15) is 0 Å². The summed E-state index contributed by atoms with van der Waals surface area (Å²) in [6, 6.07) is 13.8. The highest BCUT2D eigenvalue weighted by atomic mass is 16.5. The highest BCUT2D eigenvalue weighted by Gasteiger charge is 2.30. The fourth-order valence-corrected chi connectivity index (χ4v) is 4.10. The van der Waals surface area contributed by atoms with Gasteiger partial charge in [0.2, 0.25) is 5.91 Å². The van der Waals surface area contributed by atoms with E-state index >= 15 is 0 Å². The van der Waals surface area contributed by atoms with Crippen LogP contribution in [0.1, 0.15) is 50.0 Å². The number of hydroxylamine groups is 2. The molecule has 2 atom stereocenters. The Morgan fingerprint density at radius 1 is 1.06 bits per heavy atom. The number of hydrogen-bond acceptors (Lipinski definition) is 5. The summed E-state index contributed by atoms with van der Waals surface area (Å²) in [5, 5.41) is 23.7. The number of primary amides is 1. The van der Waals surface area contributed by atoms with Gasteiger partial charge >= 0.3 is 6.03 Å². The number of amides is 4. The van der Waals surface area contributed by atoms with Gasteiger partial charge in [-0.05, 0) is 55.0 Å². The zero-order chi connectivity index (χ0) is 25.5. The Labute approximate surface area is 212 Å². The second-order valence-corrected chi connectivity index (χ2v) is 8.98. The van der Waals surface area contributed by atoms with Crippen molar-refractivity contribution in [1.82, 2.24) is 15.3 Å². The molecule has 196 valence electrons. The van der Waals surface area contributed by atoms with Gasteiger partial charge in [-0.25, -0.2) is 9.86 Å². The number of carbonyl (C=O) groups excluding carboxylic acids is 3. The maximum atomic E-state index is 12.8. The normalized spacial score (nSPS) is 15.4. The number of urea groups is 1. The number of benzene rings is 2. The molecule has 5 N–H and O–H groups in total. The van der Waals surface area contributed by atoms with Crippen molar-refractivity contribution in [1.29, 1.82) is 0 Å². The highest BCUT2D eigenvalue weighted by Crippen LogP contribution is 2.21. The quantitative estimate of drug-likeness (QED) is 0.328. The van der Waals surface area contributed by atoms with E-state index in [0.717, 1.165) is 17.5 Å². The van der Waals surface area contributed by atoms with Crippen molar-refractivity contribution < 1.29 is 24.7 Å². The SMILES string of the molecule is C.CCc1ccc(-c2ccc(C(=O)N[C@H](CN(O)C(=O)N3CCC(C(N)=O)CC3)[C@@H](C)O)cc2)cc1. The second-order valence-electron chi connectivity index (χ2n) is 8.98. The summed E-state index contributed by atoms with van der Waals surface area (Å²) in [5.74, 6) is -1.10. The van der Waals surface area contributed by atoms with Crippen molar-refractivity contribution in [3.8, 4) is 11.1 Å². The van der Waals surface area contributed by atoms with Crippen LogP contribution in [0, 0.1) is 5.92 Å². The summed E-state index contributed by atoms with van der Waals surface area (Å²) in [7, 11) is 0. The lowest BCUT2D eigenvalue weighted by Gasteiger charge is -2.34. The Hall–Kier alpha value is -3.43. The molecule has 0 radical (unpaired) electrons. The Balaban J connectivity index is 0.00000456. The van der Waals surface area contributed by atoms with Crippen molar-refractivity contribution in [3.05, 3.63) is 59.7 Å². The van der Waals surface area contributed by atoms with Crippen LogP contribution in [0.25, 0.3) is 11.1 Å². The number of aliphatic hydroxyl groups excluding tert-OH is 1. The van der Waals surface area contributed by atoms with E-state index in [1.807, 2.05) is 24.3 Å². The summed E-state index contributed by atoms with van der Waals surface area (Å²) < 4.78 is 0. The molecular weight excluding hydrogens is 460 g/mol. The van der Waals surface area contributed by atoms with Crippen LogP contribution >= 0.6 is 0 Å². The molecule has 0 saturated carbocycles. The largest absolute Gasteiger partial charge is 0.391 e. The minimum Gasteiger partial charge on any atom is -0.391 e. The van der Waals surface area contributed by atoms with Gasteiger partial charge in [0.05, 0.1) is 18.7 Å². The van der Waals surface area contributed by atoms with Crippen LogP contribution < -0.4 is 11.1 Å². The summed E-state index contributed by atoms with van der Waals surface area (Å²) in [5.41, 5.74) is 8.99. The fourth-order valence-electron chi connectivity index (χ4n) is 4.10. The molecule has 4 amide bonds. The van der Waals surface area contributed by atoms with E-state index in [1.54, 1.807) is 12.1 Å². The minimum absolute atomic E-state index is 0. The molecule has 0 aliphatic carbocycles. The van der Waals surface area contributed by atoms with E-state index in [2.05, 4.69) is 24.4 Å². The zero-order valence-electron chi connectivity index (χ0n) is 20.2. The number of nitrogens with two attached hydrogens (primary N) is 1. The van der Waals surface area contributed by atoms with Crippen molar-refractivity contribution in [3.63, 3.8) is 0 Å². The van der Waals surface area contributed by atoms with Gasteiger partial charge in [-0.3, -0.25) is 14.8 Å². The number of nitrogens with one attached hydrogen (secondary N) is 1. The van der Waals surface area contributed by atoms with Gasteiger partial charge in [-0.1, -0.05) is 50.7 Å². The predicted octanol–water partition coefficient (Wildman–Crippen LogP) is 3.04. The lowest BCUT2D eigenvalue weighted by Crippen LogP contribution is -2.53. The maximum absolute atomic E-state index is 12.8. The average molecular weight is 499 g/mol. The molecule has 0 spiro atoms. The number of likely N-dealkylation sites (tertiary alicyclic amines) is 1. The van der Waals surface area contributed by atoms with Gasteiger partial charge in [0.25, 0.3) is 5.91 Å². The molecule has 0 bridgehead atoms. The molecule has 2 aromatic carbocycles. The van der Waals surface area contributed by atoms with Gasteiger partial charge in [-0.15, -0.1) is 0 Å². The molecular formula is C27H38N4O5. The molecule has 1 aliphatic rings. The van der Waals surface area contributed by atoms with Crippen LogP contribution in [0.3, 0.4) is 0 Å². The first-order valence-corrected chi connectivity index (χ1v) is 11.9. The highest BCUT2D eigenvalue weighted by molar-refractivity contribution is 5.95. The van der Waals surface area contributed by atoms with Crippen molar-refractivity contribution in [2.24, 2.45) is 11.7 Å². The standard InChI is InChI=1S/C26H34N4O5.CH4/c1-3-18-4-6-19(7-5-18)20-8-10-22(11-9-20)25(33)28-23(17(2)31)16-30(35)26(34)29-14-12-21(13-15-29)24(27)32;/h4-11,17,21,23,31,35H,3,12-16H2,1-2H3,(H2,27,32)(H,28,33);1H4/t17-,23-;/m1./s1. The number of aryl methyl sites for hydroxylation is 1. The summed E-state index contributed by atoms with van der Waals surface area (Å²) in [6.45, 7) is 3.87. The first-order valence-electron chi connectivity index (χ1n) is 11.9. The molecule has 1 fully saturated rings. The van der Waals surface area contributed by atoms with Crippen molar-refractivity contribution in [2.45, 2.75) is 52.7 Å². The smallest absolute Gasteiger partial charge is 0.343 e. The number of aliphatic hydroxyl groups is 1. The van der Waals surface area contributed by atoms with Crippen LogP contribution in [-0.2, 0) is 11.2 Å². The van der Waals surface area contributed by atoms with Gasteiger partial charge in [0.15, 0.2) is 0 Å². The van der Waals surface area contributed by atoms with Crippen molar-refractivity contribution >= 4 is 17.8 Å². The van der Waals surface area contributed by atoms with Gasteiger partial charge < -0.3 is 21.1 Å². The predicted molar refractivity (Wildman–Crippen MR) is 138 cm³/mol. The Kier molecular flexibility index (Phi) is 10.4. The monoisotopic (exact) mass is 498 g/mol. The average Bonchev–Trinajstić information content (AvgIpc) is 2.87. The molecule has 1 aliphatic heterocycles. The van der Waals surface area contributed by atoms with E-state index in [4.69, 9.17) is 5.73 Å². The maximum Gasteiger partial charge on any atom is 0.343 e. The number of carbonyl (C=O) groups is 3. The summed E-state index contributed by atoms with van der Waals surface area (Å²) in [6.07, 6.45) is 0.821. The number of hydrogen-bond donors (Lipinski definition) is 4. The topological polar surface area (TPSA) is 136 Å². The third kappa shape index (κ3) is 7.29. The van der Waals surface area contributed by atoms with Crippen LogP contribution in [0.5, 0.6) is 0 Å². The molecule has 2 aromatic rings. The Morgan fingerprint density at radius 3 is 2.06 bits per heavy atom. The first kappa shape index (κ1) is 28.8. The second kappa shape index (κ2) is 13.0. The molecule has 3 rings (SSSR count). The number of nitrogens with zero attached hydrogens (tertiary/aromatic N) is 2. The van der Waals surface area contributed by atoms with E-state index in [0.29, 0.717) is 36.6 Å². The van der Waals surface area contributed by atoms with Gasteiger partial charge in [-0.2, -0.15) is 0 Å². The Bertz CT molecular complexity index is 1020. The zero-order valence-corrected chi connectivity index (χ0v) is 20.2. The molecule has 1 heterocycles. The van der Waals surface area contributed by atoms with Crippen LogP contribution in [0.4, 0.5) is 4.79 Å². The molecule has 36 heavy (non-hydrogen) atoms. The molecule has 1 saturated heterocycles. The van der Waals surface area contributed by atoms with E-state index < -0.39 is 30.0 Å². The van der Waals surface area contributed by atoms with Crippen LogP contribution in [0.15, 0.2) is 48.5 Å². The van der Waals surface area contributed by atoms with Crippen molar-refractivity contribution in [2.75, 3.05) is 19.6 Å². The minimum atomic E-state index is -1.02. The van der Waals surface area contributed by atoms with Gasteiger partial charge in [0, 0.05) is 24.6 Å². The molecule has 0 unspecified atom stereocenters. The third-order valence-electron chi connectivity index (χ3n) is 6.50. The van der Waals surface area contributed by atoms with Crippen LogP contribution in [-0.4, -0.2) is 69.9 Å². The molecule has 0 aromatic heterocycles. The fraction of sp³-hybridized carbons (Fsp3) is 0.444. The summed E-state index contributed by atoms with van der Waals surface area (Å²) in [4.78, 5) is 38.1. The van der Waals surface area contributed by atoms with Crippen LogP contribution in [0.2, 0.25) is 0 Å². The lowest BCUT2D eigenvalue weighted by atomic mass is 9.96. The third-order valence-corrected chi connectivity index (χ3v) is 6.50. The Morgan fingerprint density at radius 2 is 1.58 bits per heavy atom.